The lowest BCUT2D eigenvalue weighted by Crippen LogP contribution is -2.49. The van der Waals surface area contributed by atoms with Gasteiger partial charge < -0.3 is 10.4 Å². The van der Waals surface area contributed by atoms with Crippen molar-refractivity contribution in [3.05, 3.63) is 53.6 Å². The van der Waals surface area contributed by atoms with Crippen molar-refractivity contribution in [2.75, 3.05) is 0 Å². The van der Waals surface area contributed by atoms with Gasteiger partial charge in [-0.3, -0.25) is 4.79 Å². The number of hydrogen-bond donors (Lipinski definition) is 2. The van der Waals surface area contributed by atoms with Crippen molar-refractivity contribution in [3.8, 4) is 0 Å². The van der Waals surface area contributed by atoms with Crippen LogP contribution in [-0.4, -0.2) is 23.0 Å². The lowest BCUT2D eigenvalue weighted by Gasteiger charge is -2.32. The van der Waals surface area contributed by atoms with E-state index in [4.69, 9.17) is 0 Å². The summed E-state index contributed by atoms with van der Waals surface area (Å²) in [5, 5.41) is 12.8. The zero-order valence-corrected chi connectivity index (χ0v) is 20.7. The van der Waals surface area contributed by atoms with Crippen LogP contribution in [0.25, 0.3) is 5.57 Å². The molecule has 2 aliphatic rings. The van der Waals surface area contributed by atoms with Gasteiger partial charge in [-0.2, -0.15) is 0 Å². The quantitative estimate of drug-likeness (QED) is 0.462. The number of nitrogens with one attached hydrogen (secondary N) is 1. The molecule has 4 heteroatoms. The second-order valence-electron chi connectivity index (χ2n) is 11.2. The van der Waals surface area contributed by atoms with Crippen molar-refractivity contribution >= 4 is 17.4 Å². The van der Waals surface area contributed by atoms with E-state index in [1.54, 1.807) is 0 Å². The van der Waals surface area contributed by atoms with Gasteiger partial charge in [0.1, 0.15) is 6.04 Å². The molecule has 1 aromatic carbocycles. The molecule has 2 N–H and O–H groups in total. The van der Waals surface area contributed by atoms with Gasteiger partial charge in [-0.05, 0) is 73.5 Å². The van der Waals surface area contributed by atoms with Crippen molar-refractivity contribution in [2.24, 2.45) is 10.8 Å². The molecular weight excluding hydrogens is 410 g/mol. The van der Waals surface area contributed by atoms with Crippen molar-refractivity contribution in [3.63, 3.8) is 0 Å². The van der Waals surface area contributed by atoms with Crippen LogP contribution in [0.1, 0.15) is 96.1 Å². The Bertz CT molecular complexity index is 867. The summed E-state index contributed by atoms with van der Waals surface area (Å²) in [5.41, 5.74) is 3.05. The first kappa shape index (κ1) is 25.3. The summed E-state index contributed by atoms with van der Waals surface area (Å²) in [6.45, 7) is 6.58. The van der Waals surface area contributed by atoms with Crippen LogP contribution in [0.5, 0.6) is 0 Å². The molecule has 33 heavy (non-hydrogen) atoms. The normalized spacial score (nSPS) is 21.8. The molecule has 4 nitrogen and oxygen atoms in total. The number of rotatable bonds is 8. The van der Waals surface area contributed by atoms with E-state index in [1.807, 2.05) is 12.1 Å². The lowest BCUT2D eigenvalue weighted by molar-refractivity contribution is -0.144. The highest BCUT2D eigenvalue weighted by molar-refractivity contribution is 5.88. The number of benzene rings is 1. The molecular formula is C29H41NO3. The standard InChI is InChI=1S/C29H41NO3/c1-28(2,3)19-20-29(17-9-10-18-29)27(33)30-25(26(31)32)21-22-13-15-24(16-14-22)23-11-7-5-4-6-8-12-23/h7,11-16,25H,4-6,8-10,17-21H2,1-3H3,(H,30,33)(H,31,32)/b11-7-,23-12+/t25-/m0/s1. The molecule has 1 fully saturated rings. The van der Waals surface area contributed by atoms with Gasteiger partial charge in [0.25, 0.3) is 0 Å². The summed E-state index contributed by atoms with van der Waals surface area (Å²) >= 11 is 0. The molecule has 0 spiro atoms. The predicted molar refractivity (Wildman–Crippen MR) is 135 cm³/mol. The van der Waals surface area contributed by atoms with Crippen molar-refractivity contribution < 1.29 is 14.7 Å². The molecule has 0 bridgehead atoms. The highest BCUT2D eigenvalue weighted by atomic mass is 16.4. The molecule has 0 heterocycles. The smallest absolute Gasteiger partial charge is 0.326 e. The van der Waals surface area contributed by atoms with Gasteiger partial charge >= 0.3 is 5.97 Å². The maximum atomic E-state index is 13.3. The van der Waals surface area contributed by atoms with Crippen LogP contribution in [0.2, 0.25) is 0 Å². The minimum atomic E-state index is -0.970. The summed E-state index contributed by atoms with van der Waals surface area (Å²) < 4.78 is 0. The minimum absolute atomic E-state index is 0.0712. The Morgan fingerprint density at radius 3 is 2.33 bits per heavy atom. The summed E-state index contributed by atoms with van der Waals surface area (Å²) in [6, 6.07) is 7.22. The summed E-state index contributed by atoms with van der Waals surface area (Å²) in [4.78, 5) is 25.3. The maximum absolute atomic E-state index is 13.3. The molecule has 0 aliphatic heterocycles. The lowest BCUT2D eigenvalue weighted by atomic mass is 9.75. The van der Waals surface area contributed by atoms with E-state index in [-0.39, 0.29) is 11.3 Å². The third kappa shape index (κ3) is 7.31. The highest BCUT2D eigenvalue weighted by Gasteiger charge is 2.42. The molecule has 0 aromatic heterocycles. The van der Waals surface area contributed by atoms with Crippen LogP contribution in [-0.2, 0) is 16.0 Å². The molecule has 1 atom stereocenters. The minimum Gasteiger partial charge on any atom is -0.480 e. The van der Waals surface area contributed by atoms with E-state index in [9.17, 15) is 14.7 Å². The first-order valence-electron chi connectivity index (χ1n) is 12.7. The number of carbonyl (C=O) groups excluding carboxylic acids is 1. The molecule has 1 saturated carbocycles. The molecule has 1 amide bonds. The van der Waals surface area contributed by atoms with E-state index in [2.05, 4.69) is 56.4 Å². The Morgan fingerprint density at radius 1 is 1.03 bits per heavy atom. The Morgan fingerprint density at radius 2 is 1.70 bits per heavy atom. The van der Waals surface area contributed by atoms with E-state index in [1.165, 1.54) is 18.4 Å². The molecule has 180 valence electrons. The average Bonchev–Trinajstić information content (AvgIpc) is 3.22. The topological polar surface area (TPSA) is 66.4 Å². The number of hydrogen-bond acceptors (Lipinski definition) is 2. The SMILES string of the molecule is CC(C)(C)CCC1(C(=O)N[C@@H](Cc2ccc(C3=C/CCCC/C=C\3)cc2)C(=O)O)CCCC1. The number of carbonyl (C=O) groups is 2. The molecule has 0 saturated heterocycles. The molecule has 1 aromatic rings. The van der Waals surface area contributed by atoms with Crippen LogP contribution < -0.4 is 5.32 Å². The van der Waals surface area contributed by atoms with E-state index >= 15 is 0 Å². The monoisotopic (exact) mass is 451 g/mol. The zero-order valence-electron chi connectivity index (χ0n) is 20.7. The Balaban J connectivity index is 1.67. The van der Waals surface area contributed by atoms with Crippen LogP contribution in [0, 0.1) is 10.8 Å². The molecule has 0 unspecified atom stereocenters. The van der Waals surface area contributed by atoms with Crippen molar-refractivity contribution in [1.29, 1.82) is 0 Å². The van der Waals surface area contributed by atoms with Gasteiger partial charge in [0.2, 0.25) is 5.91 Å². The number of amides is 1. The number of aliphatic carboxylic acids is 1. The fourth-order valence-corrected chi connectivity index (χ4v) is 4.99. The van der Waals surface area contributed by atoms with E-state index in [0.717, 1.165) is 62.5 Å². The van der Waals surface area contributed by atoms with Gasteiger partial charge in [0.05, 0.1) is 0 Å². The van der Waals surface area contributed by atoms with E-state index in [0.29, 0.717) is 6.42 Å². The first-order chi connectivity index (χ1) is 15.7. The van der Waals surface area contributed by atoms with Crippen molar-refractivity contribution in [1.82, 2.24) is 5.32 Å². The van der Waals surface area contributed by atoms with Crippen molar-refractivity contribution in [2.45, 2.75) is 97.4 Å². The van der Waals surface area contributed by atoms with Crippen LogP contribution in [0.15, 0.2) is 42.5 Å². The number of allylic oxidation sites excluding steroid dienone is 4. The largest absolute Gasteiger partial charge is 0.480 e. The van der Waals surface area contributed by atoms with Gasteiger partial charge in [0, 0.05) is 11.8 Å². The average molecular weight is 452 g/mol. The summed E-state index contributed by atoms with van der Waals surface area (Å²) in [7, 11) is 0. The maximum Gasteiger partial charge on any atom is 0.326 e. The highest BCUT2D eigenvalue weighted by Crippen LogP contribution is 2.44. The molecule has 0 radical (unpaired) electrons. The van der Waals surface area contributed by atoms with E-state index < -0.39 is 17.4 Å². The summed E-state index contributed by atoms with van der Waals surface area (Å²) in [5.74, 6) is -1.04. The van der Waals surface area contributed by atoms with Crippen LogP contribution in [0.4, 0.5) is 0 Å². The third-order valence-corrected chi connectivity index (χ3v) is 7.21. The molecule has 3 rings (SSSR count). The fraction of sp³-hybridized carbons (Fsp3) is 0.586. The van der Waals surface area contributed by atoms with Gasteiger partial charge in [0.15, 0.2) is 0 Å². The molecule has 2 aliphatic carbocycles. The Kier molecular flexibility index (Phi) is 8.56. The number of carboxylic acid groups (broad SMARTS) is 1. The first-order valence-corrected chi connectivity index (χ1v) is 12.7. The number of carboxylic acids is 1. The van der Waals surface area contributed by atoms with Gasteiger partial charge in [-0.25, -0.2) is 4.79 Å². The fourth-order valence-electron chi connectivity index (χ4n) is 4.99. The predicted octanol–water partition coefficient (Wildman–Crippen LogP) is 6.70. The van der Waals surface area contributed by atoms with Crippen LogP contribution in [0.3, 0.4) is 0 Å². The third-order valence-electron chi connectivity index (χ3n) is 7.21. The van der Waals surface area contributed by atoms with Gasteiger partial charge in [-0.1, -0.05) is 76.1 Å². The second-order valence-corrected chi connectivity index (χ2v) is 11.2. The van der Waals surface area contributed by atoms with Gasteiger partial charge in [-0.15, -0.1) is 0 Å². The Labute approximate surface area is 199 Å². The summed E-state index contributed by atoms with van der Waals surface area (Å²) in [6.07, 6.45) is 17.2. The second kappa shape index (κ2) is 11.2. The zero-order chi connectivity index (χ0) is 23.9. The Hall–Kier alpha value is -2.36. The van der Waals surface area contributed by atoms with Crippen LogP contribution >= 0.6 is 0 Å².